The highest BCUT2D eigenvalue weighted by Gasteiger charge is 2.20. The molecule has 0 aromatic heterocycles. The van der Waals surface area contributed by atoms with Crippen molar-refractivity contribution < 1.29 is 19.4 Å². The maximum absolute atomic E-state index is 11.4. The number of methoxy groups -OCH3 is 1. The lowest BCUT2D eigenvalue weighted by Crippen LogP contribution is -2.29. The normalized spacial score (nSPS) is 11.8. The number of carboxylic acid groups (broad SMARTS) is 1. The average molecular weight is 321 g/mol. The second-order valence-corrected chi connectivity index (χ2v) is 5.34. The van der Waals surface area contributed by atoms with E-state index in [2.05, 4.69) is 0 Å². The van der Waals surface area contributed by atoms with Crippen molar-refractivity contribution in [3.63, 3.8) is 0 Å². The topological polar surface area (TPSA) is 55.8 Å². The minimum atomic E-state index is -1.02. The third-order valence-corrected chi connectivity index (χ3v) is 3.51. The summed E-state index contributed by atoms with van der Waals surface area (Å²) < 4.78 is 10.6. The quantitative estimate of drug-likeness (QED) is 0.881. The van der Waals surface area contributed by atoms with Gasteiger partial charge < -0.3 is 14.6 Å². The van der Waals surface area contributed by atoms with Crippen molar-refractivity contribution in [2.75, 3.05) is 7.11 Å². The summed E-state index contributed by atoms with van der Waals surface area (Å²) in [5.74, 6) is 0.0573. The van der Waals surface area contributed by atoms with Crippen molar-refractivity contribution >= 4 is 17.6 Å². The number of ether oxygens (including phenoxy) is 2. The first-order valence-electron chi connectivity index (χ1n) is 6.78. The Labute approximate surface area is 134 Å². The van der Waals surface area contributed by atoms with Crippen LogP contribution >= 0.6 is 11.6 Å². The average Bonchev–Trinajstić information content (AvgIpc) is 2.49. The van der Waals surface area contributed by atoms with E-state index in [9.17, 15) is 9.90 Å². The molecule has 2 aromatic carbocycles. The van der Waals surface area contributed by atoms with E-state index in [0.717, 1.165) is 11.1 Å². The van der Waals surface area contributed by atoms with Crippen LogP contribution in [-0.2, 0) is 11.2 Å². The number of halogens is 1. The van der Waals surface area contributed by atoms with Crippen LogP contribution in [0.4, 0.5) is 0 Å². The smallest absolute Gasteiger partial charge is 0.345 e. The highest BCUT2D eigenvalue weighted by molar-refractivity contribution is 6.32. The van der Waals surface area contributed by atoms with Gasteiger partial charge in [0.25, 0.3) is 0 Å². The molecule has 2 aromatic rings. The summed E-state index contributed by atoms with van der Waals surface area (Å²) in [5, 5.41) is 9.78. The number of aliphatic carboxylic acids is 1. The van der Waals surface area contributed by atoms with Crippen LogP contribution in [0.15, 0.2) is 42.5 Å². The van der Waals surface area contributed by atoms with Crippen LogP contribution in [0, 0.1) is 6.92 Å². The predicted octanol–water partition coefficient (Wildman–Crippen LogP) is 3.73. The fraction of sp³-hybridized carbons (Fsp3) is 0.235. The lowest BCUT2D eigenvalue weighted by molar-refractivity contribution is -0.145. The molecule has 22 heavy (non-hydrogen) atoms. The van der Waals surface area contributed by atoms with Gasteiger partial charge in [-0.1, -0.05) is 35.4 Å². The van der Waals surface area contributed by atoms with Crippen LogP contribution in [0.25, 0.3) is 0 Å². The maximum atomic E-state index is 11.4. The molecule has 0 fully saturated rings. The zero-order valence-corrected chi connectivity index (χ0v) is 13.1. The van der Waals surface area contributed by atoms with E-state index in [1.165, 1.54) is 7.11 Å². The van der Waals surface area contributed by atoms with E-state index < -0.39 is 12.1 Å². The van der Waals surface area contributed by atoms with Gasteiger partial charge in [-0.05, 0) is 36.8 Å². The molecule has 0 heterocycles. The molecule has 1 N–H and O–H groups in total. The summed E-state index contributed by atoms with van der Waals surface area (Å²) in [6, 6.07) is 12.4. The molecule has 5 heteroatoms. The Hall–Kier alpha value is -2.20. The number of rotatable bonds is 6. The highest BCUT2D eigenvalue weighted by Crippen LogP contribution is 2.26. The van der Waals surface area contributed by atoms with Crippen molar-refractivity contribution in [2.24, 2.45) is 0 Å². The lowest BCUT2D eigenvalue weighted by Gasteiger charge is -2.16. The maximum Gasteiger partial charge on any atom is 0.345 e. The lowest BCUT2D eigenvalue weighted by atomic mass is 10.1. The number of hydrogen-bond acceptors (Lipinski definition) is 3. The fourth-order valence-electron chi connectivity index (χ4n) is 2.01. The molecule has 0 aliphatic carbocycles. The molecule has 1 atom stereocenters. The Kier molecular flexibility index (Phi) is 5.28. The molecule has 0 aliphatic heterocycles. The minimum Gasteiger partial charge on any atom is -0.495 e. The summed E-state index contributed by atoms with van der Waals surface area (Å²) >= 11 is 6.06. The summed E-state index contributed by atoms with van der Waals surface area (Å²) in [4.78, 5) is 11.4. The van der Waals surface area contributed by atoms with Crippen LogP contribution in [0.2, 0.25) is 5.02 Å². The Bertz CT molecular complexity index is 652. The highest BCUT2D eigenvalue weighted by atomic mass is 35.5. The van der Waals surface area contributed by atoms with Crippen LogP contribution in [-0.4, -0.2) is 24.3 Å². The number of carboxylic acids is 1. The Morgan fingerprint density at radius 1 is 1.23 bits per heavy atom. The Balaban J connectivity index is 2.13. The van der Waals surface area contributed by atoms with Gasteiger partial charge in [-0.25, -0.2) is 4.79 Å². The first-order valence-corrected chi connectivity index (χ1v) is 7.16. The van der Waals surface area contributed by atoms with Gasteiger partial charge >= 0.3 is 5.97 Å². The van der Waals surface area contributed by atoms with Crippen LogP contribution < -0.4 is 9.47 Å². The van der Waals surface area contributed by atoms with E-state index in [1.54, 1.807) is 30.3 Å². The SMILES string of the molecule is COc1ccc(CC(Oc2ccc(C)cc2)C(=O)O)cc1Cl. The van der Waals surface area contributed by atoms with E-state index in [1.807, 2.05) is 19.1 Å². The van der Waals surface area contributed by atoms with Crippen LogP contribution in [0.3, 0.4) is 0 Å². The standard InChI is InChI=1S/C17H17ClO4/c1-11-3-6-13(7-4-11)22-16(17(19)20)10-12-5-8-15(21-2)14(18)9-12/h3-9,16H,10H2,1-2H3,(H,19,20). The molecule has 0 amide bonds. The van der Waals surface area contributed by atoms with Gasteiger partial charge in [-0.3, -0.25) is 0 Å². The van der Waals surface area contributed by atoms with Gasteiger partial charge in [-0.2, -0.15) is 0 Å². The van der Waals surface area contributed by atoms with Gasteiger partial charge in [0, 0.05) is 6.42 Å². The monoisotopic (exact) mass is 320 g/mol. The molecular formula is C17H17ClO4. The van der Waals surface area contributed by atoms with E-state index >= 15 is 0 Å². The van der Waals surface area contributed by atoms with Crippen molar-refractivity contribution in [3.8, 4) is 11.5 Å². The molecule has 0 spiro atoms. The summed E-state index contributed by atoms with van der Waals surface area (Å²) in [7, 11) is 1.53. The Morgan fingerprint density at radius 3 is 2.45 bits per heavy atom. The summed E-state index contributed by atoms with van der Waals surface area (Å²) in [6.07, 6.45) is -0.764. The van der Waals surface area contributed by atoms with Gasteiger partial charge in [0.2, 0.25) is 0 Å². The molecule has 0 aliphatic rings. The van der Waals surface area contributed by atoms with E-state index in [4.69, 9.17) is 21.1 Å². The molecule has 0 radical (unpaired) electrons. The summed E-state index contributed by atoms with van der Waals surface area (Å²) in [5.41, 5.74) is 1.85. The van der Waals surface area contributed by atoms with Crippen LogP contribution in [0.1, 0.15) is 11.1 Å². The largest absolute Gasteiger partial charge is 0.495 e. The molecule has 2 rings (SSSR count). The molecule has 1 unspecified atom stereocenters. The molecular weight excluding hydrogens is 304 g/mol. The van der Waals surface area contributed by atoms with Gasteiger partial charge in [0.15, 0.2) is 6.10 Å². The van der Waals surface area contributed by atoms with Crippen molar-refractivity contribution in [3.05, 3.63) is 58.6 Å². The number of hydrogen-bond donors (Lipinski definition) is 1. The fourth-order valence-corrected chi connectivity index (χ4v) is 2.29. The van der Waals surface area contributed by atoms with Crippen LogP contribution in [0.5, 0.6) is 11.5 Å². The molecule has 0 bridgehead atoms. The van der Waals surface area contributed by atoms with E-state index in [0.29, 0.717) is 16.5 Å². The molecule has 116 valence electrons. The number of aryl methyl sites for hydroxylation is 1. The first kappa shape index (κ1) is 16.2. The number of benzene rings is 2. The zero-order valence-electron chi connectivity index (χ0n) is 12.4. The predicted molar refractivity (Wildman–Crippen MR) is 84.9 cm³/mol. The summed E-state index contributed by atoms with van der Waals surface area (Å²) in [6.45, 7) is 1.96. The van der Waals surface area contributed by atoms with Crippen molar-refractivity contribution in [1.82, 2.24) is 0 Å². The molecule has 4 nitrogen and oxygen atoms in total. The second kappa shape index (κ2) is 7.18. The van der Waals surface area contributed by atoms with Crippen molar-refractivity contribution in [1.29, 1.82) is 0 Å². The third kappa shape index (κ3) is 4.15. The van der Waals surface area contributed by atoms with E-state index in [-0.39, 0.29) is 6.42 Å². The minimum absolute atomic E-state index is 0.215. The molecule has 0 saturated heterocycles. The van der Waals surface area contributed by atoms with Gasteiger partial charge in [0.1, 0.15) is 11.5 Å². The Morgan fingerprint density at radius 2 is 1.91 bits per heavy atom. The number of carbonyl (C=O) groups is 1. The third-order valence-electron chi connectivity index (χ3n) is 3.21. The zero-order chi connectivity index (χ0) is 16.1. The van der Waals surface area contributed by atoms with Crippen molar-refractivity contribution in [2.45, 2.75) is 19.4 Å². The second-order valence-electron chi connectivity index (χ2n) is 4.93. The van der Waals surface area contributed by atoms with Gasteiger partial charge in [-0.15, -0.1) is 0 Å². The molecule has 0 saturated carbocycles. The van der Waals surface area contributed by atoms with Gasteiger partial charge in [0.05, 0.1) is 12.1 Å². The first-order chi connectivity index (χ1) is 10.5.